The highest BCUT2D eigenvalue weighted by Gasteiger charge is 2.23. The smallest absolute Gasteiger partial charge is 0.272 e. The third-order valence-corrected chi connectivity index (χ3v) is 1.48. The van der Waals surface area contributed by atoms with Crippen LogP contribution in [0.25, 0.3) is 0 Å². The number of nitrogens with one attached hydrogen (secondary N) is 1. The second-order valence-corrected chi connectivity index (χ2v) is 2.20. The zero-order chi connectivity index (χ0) is 7.84. The second kappa shape index (κ2) is 1.88. The molecule has 2 aliphatic rings. The Morgan fingerprint density at radius 2 is 2.18 bits per heavy atom. The number of amides is 3. The summed E-state index contributed by atoms with van der Waals surface area (Å²) in [5.41, 5.74) is 0.920. The second-order valence-electron chi connectivity index (χ2n) is 2.20. The van der Waals surface area contributed by atoms with Gasteiger partial charge in [0.1, 0.15) is 0 Å². The van der Waals surface area contributed by atoms with Crippen LogP contribution in [0.5, 0.6) is 0 Å². The summed E-state index contributed by atoms with van der Waals surface area (Å²) in [5, 5.41) is 2.08. The summed E-state index contributed by atoms with van der Waals surface area (Å²) in [5.74, 6) is -0.370. The standard InChI is InChI=1S/C7H4N2O2/c10-6-4-2-1-3-5(4)8-7(11)9-6/h1-3H,(H,9,10,11). The van der Waals surface area contributed by atoms with Crippen molar-refractivity contribution in [2.24, 2.45) is 4.99 Å². The van der Waals surface area contributed by atoms with Crippen molar-refractivity contribution in [2.75, 3.05) is 0 Å². The largest absolute Gasteiger partial charge is 0.348 e. The van der Waals surface area contributed by atoms with Crippen LogP contribution in [0.15, 0.2) is 28.8 Å². The molecule has 1 aliphatic carbocycles. The molecule has 0 bridgehead atoms. The Morgan fingerprint density at radius 3 is 3.00 bits per heavy atom. The van der Waals surface area contributed by atoms with E-state index in [0.717, 1.165) is 0 Å². The molecule has 54 valence electrons. The molecule has 0 spiro atoms. The van der Waals surface area contributed by atoms with E-state index in [4.69, 9.17) is 0 Å². The van der Waals surface area contributed by atoms with Gasteiger partial charge in [-0.05, 0) is 12.2 Å². The van der Waals surface area contributed by atoms with Crippen LogP contribution < -0.4 is 5.32 Å². The van der Waals surface area contributed by atoms with Crippen LogP contribution in [0.2, 0.25) is 0 Å². The summed E-state index contributed by atoms with van der Waals surface area (Å²) >= 11 is 0. The van der Waals surface area contributed by atoms with Crippen LogP contribution >= 0.6 is 0 Å². The fourth-order valence-electron chi connectivity index (χ4n) is 1.00. The molecule has 1 heterocycles. The van der Waals surface area contributed by atoms with Gasteiger partial charge in [0.25, 0.3) is 5.91 Å². The maximum Gasteiger partial charge on any atom is 0.348 e. The minimum atomic E-state index is -0.589. The predicted octanol–water partition coefficient (Wildman–Crippen LogP) is 0.173. The molecule has 2 rings (SSSR count). The fraction of sp³-hybridized carbons (Fsp3) is 0. The van der Waals surface area contributed by atoms with Gasteiger partial charge in [-0.3, -0.25) is 10.1 Å². The minimum Gasteiger partial charge on any atom is -0.272 e. The first-order valence-corrected chi connectivity index (χ1v) is 3.10. The number of allylic oxidation sites excluding steroid dienone is 3. The normalized spacial score (nSPS) is 20.7. The van der Waals surface area contributed by atoms with Crippen molar-refractivity contribution in [3.8, 4) is 0 Å². The molecular formula is C7H4N2O2. The summed E-state index contributed by atoms with van der Waals surface area (Å²) in [4.78, 5) is 25.2. The van der Waals surface area contributed by atoms with E-state index in [9.17, 15) is 9.59 Å². The van der Waals surface area contributed by atoms with Crippen molar-refractivity contribution >= 4 is 17.6 Å². The molecule has 0 aromatic heterocycles. The summed E-state index contributed by atoms with van der Waals surface area (Å²) in [6, 6.07) is -0.589. The molecule has 0 aromatic rings. The van der Waals surface area contributed by atoms with Gasteiger partial charge < -0.3 is 0 Å². The Morgan fingerprint density at radius 1 is 1.36 bits per heavy atom. The molecule has 0 unspecified atom stereocenters. The third kappa shape index (κ3) is 0.797. The van der Waals surface area contributed by atoms with Crippen LogP contribution in [-0.4, -0.2) is 17.6 Å². The molecule has 4 nitrogen and oxygen atoms in total. The molecule has 0 saturated heterocycles. The molecule has 1 aliphatic heterocycles. The maximum atomic E-state index is 11.0. The highest BCUT2D eigenvalue weighted by molar-refractivity contribution is 6.34. The van der Waals surface area contributed by atoms with E-state index in [1.54, 1.807) is 18.2 Å². The van der Waals surface area contributed by atoms with E-state index in [2.05, 4.69) is 10.3 Å². The van der Waals surface area contributed by atoms with Crippen LogP contribution in [0, 0.1) is 0 Å². The zero-order valence-corrected chi connectivity index (χ0v) is 5.50. The van der Waals surface area contributed by atoms with E-state index < -0.39 is 6.03 Å². The van der Waals surface area contributed by atoms with Gasteiger partial charge in [0.2, 0.25) is 0 Å². The number of carbonyl (C=O) groups excluding carboxylic acids is 2. The predicted molar refractivity (Wildman–Crippen MR) is 38.2 cm³/mol. The Hall–Kier alpha value is -1.71. The summed E-state index contributed by atoms with van der Waals surface area (Å²) in [7, 11) is 0. The fourth-order valence-corrected chi connectivity index (χ4v) is 1.00. The number of aliphatic imine (C=N–C) groups is 1. The molecule has 0 radical (unpaired) electrons. The summed E-state index contributed by atoms with van der Waals surface area (Å²) in [6.45, 7) is 0. The van der Waals surface area contributed by atoms with E-state index >= 15 is 0 Å². The van der Waals surface area contributed by atoms with Gasteiger partial charge in [0.05, 0.1) is 11.3 Å². The Balaban J connectivity index is 2.53. The van der Waals surface area contributed by atoms with E-state index in [1.165, 1.54) is 0 Å². The first-order valence-electron chi connectivity index (χ1n) is 3.10. The highest BCUT2D eigenvalue weighted by Crippen LogP contribution is 2.11. The number of rotatable bonds is 0. The SMILES string of the molecule is O=C1N=C2C=CC=C2C(=O)N1. The van der Waals surface area contributed by atoms with Gasteiger partial charge in [-0.2, -0.15) is 4.99 Å². The molecule has 3 amide bonds. The number of urea groups is 1. The maximum absolute atomic E-state index is 11.0. The number of imide groups is 1. The molecule has 11 heavy (non-hydrogen) atoms. The van der Waals surface area contributed by atoms with Crippen LogP contribution in [-0.2, 0) is 4.79 Å². The summed E-state index contributed by atoms with van der Waals surface area (Å²) < 4.78 is 0. The van der Waals surface area contributed by atoms with Crippen LogP contribution in [0.1, 0.15) is 0 Å². The average Bonchev–Trinajstić information content (AvgIpc) is 2.34. The van der Waals surface area contributed by atoms with E-state index in [-0.39, 0.29) is 5.91 Å². The zero-order valence-electron chi connectivity index (χ0n) is 5.50. The van der Waals surface area contributed by atoms with Crippen molar-refractivity contribution < 1.29 is 9.59 Å². The Bertz CT molecular complexity index is 336. The van der Waals surface area contributed by atoms with Gasteiger partial charge in [-0.25, -0.2) is 4.79 Å². The lowest BCUT2D eigenvalue weighted by Gasteiger charge is -2.08. The first kappa shape index (κ1) is 6.03. The molecule has 0 fully saturated rings. The number of carbonyl (C=O) groups is 2. The third-order valence-electron chi connectivity index (χ3n) is 1.48. The van der Waals surface area contributed by atoms with Crippen molar-refractivity contribution in [1.82, 2.24) is 5.32 Å². The Kier molecular flexibility index (Phi) is 1.03. The van der Waals surface area contributed by atoms with Crippen molar-refractivity contribution in [1.29, 1.82) is 0 Å². The lowest BCUT2D eigenvalue weighted by Crippen LogP contribution is -2.35. The van der Waals surface area contributed by atoms with Crippen molar-refractivity contribution in [3.05, 3.63) is 23.8 Å². The van der Waals surface area contributed by atoms with Crippen molar-refractivity contribution in [2.45, 2.75) is 0 Å². The van der Waals surface area contributed by atoms with Crippen LogP contribution in [0.3, 0.4) is 0 Å². The minimum absolute atomic E-state index is 0.370. The highest BCUT2D eigenvalue weighted by atomic mass is 16.2. The lowest BCUT2D eigenvalue weighted by atomic mass is 10.2. The molecule has 0 atom stereocenters. The number of nitrogens with zero attached hydrogens (tertiary/aromatic N) is 1. The van der Waals surface area contributed by atoms with E-state index in [1.807, 2.05) is 0 Å². The van der Waals surface area contributed by atoms with Gasteiger partial charge in [-0.1, -0.05) is 6.08 Å². The molecule has 0 saturated carbocycles. The number of fused-ring (bicyclic) bond motifs is 1. The van der Waals surface area contributed by atoms with Gasteiger partial charge in [-0.15, -0.1) is 0 Å². The molecule has 1 N–H and O–H groups in total. The topological polar surface area (TPSA) is 58.5 Å². The van der Waals surface area contributed by atoms with Crippen molar-refractivity contribution in [3.63, 3.8) is 0 Å². The Labute approximate surface area is 62.3 Å². The van der Waals surface area contributed by atoms with Gasteiger partial charge in [0, 0.05) is 0 Å². The van der Waals surface area contributed by atoms with Crippen LogP contribution in [0.4, 0.5) is 4.79 Å². The van der Waals surface area contributed by atoms with E-state index in [0.29, 0.717) is 11.3 Å². The molecular weight excluding hydrogens is 144 g/mol. The van der Waals surface area contributed by atoms with Gasteiger partial charge in [0.15, 0.2) is 0 Å². The van der Waals surface area contributed by atoms with Gasteiger partial charge >= 0.3 is 6.03 Å². The number of hydrogen-bond acceptors (Lipinski definition) is 2. The average molecular weight is 148 g/mol. The first-order chi connectivity index (χ1) is 5.27. The monoisotopic (exact) mass is 148 g/mol. The molecule has 0 aromatic carbocycles. The molecule has 4 heteroatoms. The lowest BCUT2D eigenvalue weighted by molar-refractivity contribution is -0.116. The number of hydrogen-bond donors (Lipinski definition) is 1. The quantitative estimate of drug-likeness (QED) is 0.532. The summed E-state index contributed by atoms with van der Waals surface area (Å²) in [6.07, 6.45) is 4.94.